The second kappa shape index (κ2) is 8.32. The van der Waals surface area contributed by atoms with E-state index in [1.54, 1.807) is 0 Å². The molecular weight excluding hydrogens is 274 g/mol. The number of benzene rings is 2. The minimum Gasteiger partial charge on any atom is -0.494 e. The van der Waals surface area contributed by atoms with Crippen molar-refractivity contribution in [2.75, 3.05) is 18.5 Å². The standard InChI is InChI=1S/C19H25NO2/c1-4-17(22-19-9-7-6-8-15(19)3)14-20-16-10-12-18(13-11-16)21-5-2/h6-13,17,20H,4-5,14H2,1-3H3. The zero-order valence-electron chi connectivity index (χ0n) is 13.6. The molecule has 1 N–H and O–H groups in total. The molecule has 0 saturated carbocycles. The highest BCUT2D eigenvalue weighted by atomic mass is 16.5. The molecule has 0 aromatic heterocycles. The minimum absolute atomic E-state index is 0.146. The highest BCUT2D eigenvalue weighted by Gasteiger charge is 2.09. The van der Waals surface area contributed by atoms with E-state index < -0.39 is 0 Å². The third-order valence-electron chi connectivity index (χ3n) is 3.54. The van der Waals surface area contributed by atoms with Crippen LogP contribution in [0.15, 0.2) is 48.5 Å². The summed E-state index contributed by atoms with van der Waals surface area (Å²) in [7, 11) is 0. The lowest BCUT2D eigenvalue weighted by Crippen LogP contribution is -2.25. The van der Waals surface area contributed by atoms with Gasteiger partial charge in [0.1, 0.15) is 17.6 Å². The van der Waals surface area contributed by atoms with Gasteiger partial charge in [-0.05, 0) is 56.2 Å². The molecule has 0 radical (unpaired) electrons. The molecule has 0 bridgehead atoms. The lowest BCUT2D eigenvalue weighted by atomic mass is 10.2. The van der Waals surface area contributed by atoms with Crippen LogP contribution in [0.4, 0.5) is 5.69 Å². The molecule has 0 heterocycles. The maximum atomic E-state index is 6.09. The maximum absolute atomic E-state index is 6.09. The molecule has 2 aromatic carbocycles. The Morgan fingerprint density at radius 3 is 2.36 bits per heavy atom. The van der Waals surface area contributed by atoms with Gasteiger partial charge in [-0.1, -0.05) is 25.1 Å². The van der Waals surface area contributed by atoms with Crippen LogP contribution in [0.5, 0.6) is 11.5 Å². The molecule has 3 nitrogen and oxygen atoms in total. The average Bonchev–Trinajstić information content (AvgIpc) is 2.55. The Labute approximate surface area is 133 Å². The summed E-state index contributed by atoms with van der Waals surface area (Å²) in [6.45, 7) is 7.67. The molecule has 3 heteroatoms. The molecular formula is C19H25NO2. The summed E-state index contributed by atoms with van der Waals surface area (Å²) in [5.41, 5.74) is 2.25. The van der Waals surface area contributed by atoms with E-state index >= 15 is 0 Å². The lowest BCUT2D eigenvalue weighted by molar-refractivity contribution is 0.208. The average molecular weight is 299 g/mol. The summed E-state index contributed by atoms with van der Waals surface area (Å²) < 4.78 is 11.5. The van der Waals surface area contributed by atoms with Crippen molar-refractivity contribution < 1.29 is 9.47 Å². The number of para-hydroxylation sites is 1. The van der Waals surface area contributed by atoms with Crippen LogP contribution in [0.1, 0.15) is 25.8 Å². The van der Waals surface area contributed by atoms with E-state index in [4.69, 9.17) is 9.47 Å². The molecule has 22 heavy (non-hydrogen) atoms. The Balaban J connectivity index is 1.89. The van der Waals surface area contributed by atoms with Gasteiger partial charge >= 0.3 is 0 Å². The van der Waals surface area contributed by atoms with E-state index in [1.807, 2.05) is 49.4 Å². The summed E-state index contributed by atoms with van der Waals surface area (Å²) in [5, 5.41) is 3.42. The molecule has 0 saturated heterocycles. The fourth-order valence-corrected chi connectivity index (χ4v) is 2.20. The van der Waals surface area contributed by atoms with Gasteiger partial charge in [-0.2, -0.15) is 0 Å². The largest absolute Gasteiger partial charge is 0.494 e. The lowest BCUT2D eigenvalue weighted by Gasteiger charge is -2.20. The SMILES string of the molecule is CCOc1ccc(NCC(CC)Oc2ccccc2C)cc1. The van der Waals surface area contributed by atoms with Gasteiger partial charge in [0.15, 0.2) is 0 Å². The fraction of sp³-hybridized carbons (Fsp3) is 0.368. The van der Waals surface area contributed by atoms with Crippen molar-refractivity contribution in [1.29, 1.82) is 0 Å². The van der Waals surface area contributed by atoms with Gasteiger partial charge in [-0.3, -0.25) is 0 Å². The predicted molar refractivity (Wildman–Crippen MR) is 92.0 cm³/mol. The van der Waals surface area contributed by atoms with Gasteiger partial charge in [0.2, 0.25) is 0 Å². The van der Waals surface area contributed by atoms with Gasteiger partial charge in [0.25, 0.3) is 0 Å². The van der Waals surface area contributed by atoms with Crippen LogP contribution in [0.2, 0.25) is 0 Å². The van der Waals surface area contributed by atoms with E-state index in [0.29, 0.717) is 6.61 Å². The number of rotatable bonds is 8. The summed E-state index contributed by atoms with van der Waals surface area (Å²) in [6.07, 6.45) is 1.10. The highest BCUT2D eigenvalue weighted by molar-refractivity contribution is 5.46. The molecule has 0 spiro atoms. The van der Waals surface area contributed by atoms with E-state index in [1.165, 1.54) is 5.56 Å². The van der Waals surface area contributed by atoms with Crippen LogP contribution < -0.4 is 14.8 Å². The van der Waals surface area contributed by atoms with Crippen LogP contribution >= 0.6 is 0 Å². The van der Waals surface area contributed by atoms with E-state index in [0.717, 1.165) is 30.2 Å². The summed E-state index contributed by atoms with van der Waals surface area (Å²) in [6, 6.07) is 16.2. The second-order valence-electron chi connectivity index (χ2n) is 5.25. The van der Waals surface area contributed by atoms with Crippen LogP contribution in [0, 0.1) is 6.92 Å². The molecule has 2 aromatic rings. The van der Waals surface area contributed by atoms with Gasteiger partial charge in [0.05, 0.1) is 13.2 Å². The van der Waals surface area contributed by atoms with Crippen molar-refractivity contribution >= 4 is 5.69 Å². The van der Waals surface area contributed by atoms with Gasteiger partial charge < -0.3 is 14.8 Å². The third-order valence-corrected chi connectivity index (χ3v) is 3.54. The Morgan fingerprint density at radius 1 is 1.00 bits per heavy atom. The number of aryl methyl sites for hydroxylation is 1. The minimum atomic E-state index is 0.146. The molecule has 0 aliphatic rings. The molecule has 0 aliphatic heterocycles. The monoisotopic (exact) mass is 299 g/mol. The Morgan fingerprint density at radius 2 is 1.73 bits per heavy atom. The Kier molecular flexibility index (Phi) is 6.13. The summed E-state index contributed by atoms with van der Waals surface area (Å²) in [4.78, 5) is 0. The fourth-order valence-electron chi connectivity index (χ4n) is 2.20. The normalized spacial score (nSPS) is 11.8. The van der Waals surface area contributed by atoms with Gasteiger partial charge in [-0.15, -0.1) is 0 Å². The molecule has 118 valence electrons. The highest BCUT2D eigenvalue weighted by Crippen LogP contribution is 2.20. The number of anilines is 1. The van der Waals surface area contributed by atoms with Crippen molar-refractivity contribution in [3.05, 3.63) is 54.1 Å². The molecule has 0 amide bonds. The van der Waals surface area contributed by atoms with Crippen LogP contribution in [-0.4, -0.2) is 19.3 Å². The van der Waals surface area contributed by atoms with Crippen molar-refractivity contribution in [2.24, 2.45) is 0 Å². The summed E-state index contributed by atoms with van der Waals surface area (Å²) in [5.74, 6) is 1.86. The van der Waals surface area contributed by atoms with Crippen LogP contribution in [0.25, 0.3) is 0 Å². The Bertz CT molecular complexity index is 566. The van der Waals surface area contributed by atoms with Crippen molar-refractivity contribution in [1.82, 2.24) is 0 Å². The van der Waals surface area contributed by atoms with Crippen LogP contribution in [0.3, 0.4) is 0 Å². The summed E-state index contributed by atoms with van der Waals surface area (Å²) >= 11 is 0. The Hall–Kier alpha value is -2.16. The number of ether oxygens (including phenoxy) is 2. The maximum Gasteiger partial charge on any atom is 0.122 e. The first-order valence-corrected chi connectivity index (χ1v) is 7.92. The number of hydrogen-bond acceptors (Lipinski definition) is 3. The smallest absolute Gasteiger partial charge is 0.122 e. The third kappa shape index (κ3) is 4.69. The van der Waals surface area contributed by atoms with Crippen molar-refractivity contribution in [3.8, 4) is 11.5 Å². The topological polar surface area (TPSA) is 30.5 Å². The van der Waals surface area contributed by atoms with E-state index in [2.05, 4.69) is 25.2 Å². The molecule has 1 unspecified atom stereocenters. The van der Waals surface area contributed by atoms with E-state index in [9.17, 15) is 0 Å². The first-order valence-electron chi connectivity index (χ1n) is 7.92. The zero-order chi connectivity index (χ0) is 15.8. The predicted octanol–water partition coefficient (Wildman–Crippen LogP) is 4.66. The second-order valence-corrected chi connectivity index (χ2v) is 5.25. The zero-order valence-corrected chi connectivity index (χ0v) is 13.6. The van der Waals surface area contributed by atoms with Gasteiger partial charge in [-0.25, -0.2) is 0 Å². The van der Waals surface area contributed by atoms with Gasteiger partial charge in [0, 0.05) is 5.69 Å². The number of nitrogens with one attached hydrogen (secondary N) is 1. The molecule has 1 atom stereocenters. The first-order chi connectivity index (χ1) is 10.7. The quantitative estimate of drug-likeness (QED) is 0.768. The molecule has 0 aliphatic carbocycles. The van der Waals surface area contributed by atoms with Crippen LogP contribution in [-0.2, 0) is 0 Å². The van der Waals surface area contributed by atoms with Crippen molar-refractivity contribution in [3.63, 3.8) is 0 Å². The molecule has 0 fully saturated rings. The van der Waals surface area contributed by atoms with Crippen molar-refractivity contribution in [2.45, 2.75) is 33.3 Å². The van der Waals surface area contributed by atoms with E-state index in [-0.39, 0.29) is 6.10 Å². The molecule has 2 rings (SSSR count). The number of hydrogen-bond donors (Lipinski definition) is 1. The first kappa shape index (κ1) is 16.2.